The summed E-state index contributed by atoms with van der Waals surface area (Å²) in [6.07, 6.45) is 1.37. The smallest absolute Gasteiger partial charge is 0.335 e. The first-order valence-corrected chi connectivity index (χ1v) is 5.48. The molecule has 1 heterocycles. The number of ether oxygens (including phenoxy) is 2. The number of carbonyl (C=O) groups is 1. The lowest BCUT2D eigenvalue weighted by Crippen LogP contribution is -1.99. The number of aromatic carboxylic acids is 1. The largest absolute Gasteiger partial charge is 0.493 e. The molecular formula is C13H12N2O4. The van der Waals surface area contributed by atoms with Gasteiger partial charge in [0, 0.05) is 11.8 Å². The van der Waals surface area contributed by atoms with Crippen LogP contribution in [-0.2, 0) is 0 Å². The number of hydrogen-bond acceptors (Lipinski definition) is 5. The van der Waals surface area contributed by atoms with E-state index in [0.717, 1.165) is 5.69 Å². The Balaban J connectivity index is 2.37. The topological polar surface area (TPSA) is 81.5 Å². The maximum absolute atomic E-state index is 10.9. The van der Waals surface area contributed by atoms with Crippen molar-refractivity contribution in [1.82, 2.24) is 9.97 Å². The van der Waals surface area contributed by atoms with Crippen LogP contribution in [0.4, 0.5) is 0 Å². The molecule has 1 aromatic heterocycles. The number of nitrogens with zero attached hydrogens (tertiary/aromatic N) is 2. The van der Waals surface area contributed by atoms with Crippen molar-refractivity contribution in [2.45, 2.75) is 6.92 Å². The van der Waals surface area contributed by atoms with Gasteiger partial charge in [-0.3, -0.25) is 0 Å². The molecule has 0 aliphatic carbocycles. The zero-order chi connectivity index (χ0) is 13.8. The van der Waals surface area contributed by atoms with Gasteiger partial charge in [-0.15, -0.1) is 0 Å². The molecule has 1 N–H and O–H groups in total. The van der Waals surface area contributed by atoms with Gasteiger partial charge in [0.05, 0.1) is 12.7 Å². The van der Waals surface area contributed by atoms with Crippen LogP contribution in [0.1, 0.15) is 16.1 Å². The van der Waals surface area contributed by atoms with Gasteiger partial charge in [-0.2, -0.15) is 0 Å². The summed E-state index contributed by atoms with van der Waals surface area (Å²) in [5.74, 6) is 0.0153. The minimum absolute atomic E-state index is 0.113. The normalized spacial score (nSPS) is 10.0. The van der Waals surface area contributed by atoms with E-state index < -0.39 is 5.97 Å². The maximum atomic E-state index is 10.9. The van der Waals surface area contributed by atoms with E-state index in [9.17, 15) is 4.79 Å². The third kappa shape index (κ3) is 2.98. The van der Waals surface area contributed by atoms with Crippen molar-refractivity contribution in [1.29, 1.82) is 0 Å². The van der Waals surface area contributed by atoms with Crippen molar-refractivity contribution < 1.29 is 19.4 Å². The Morgan fingerprint density at radius 2 is 2.00 bits per heavy atom. The van der Waals surface area contributed by atoms with Crippen LogP contribution in [0.2, 0.25) is 0 Å². The van der Waals surface area contributed by atoms with Crippen molar-refractivity contribution in [2.75, 3.05) is 7.11 Å². The summed E-state index contributed by atoms with van der Waals surface area (Å²) in [6, 6.07) is 6.01. The minimum atomic E-state index is -1.04. The average molecular weight is 260 g/mol. The summed E-state index contributed by atoms with van der Waals surface area (Å²) < 4.78 is 10.7. The Bertz CT molecular complexity index is 613. The Kier molecular flexibility index (Phi) is 3.61. The SMILES string of the molecule is COc1ccc(C(=O)O)cc1Oc1cc(C)ncn1. The Labute approximate surface area is 109 Å². The molecule has 1 aromatic carbocycles. The second kappa shape index (κ2) is 5.34. The minimum Gasteiger partial charge on any atom is -0.493 e. The van der Waals surface area contributed by atoms with Crippen LogP contribution in [0.25, 0.3) is 0 Å². The summed E-state index contributed by atoms with van der Waals surface area (Å²) in [5.41, 5.74) is 0.861. The molecule has 0 radical (unpaired) electrons. The molecule has 98 valence electrons. The summed E-state index contributed by atoms with van der Waals surface area (Å²) in [7, 11) is 1.48. The molecule has 0 spiro atoms. The van der Waals surface area contributed by atoms with Gasteiger partial charge in [-0.05, 0) is 25.1 Å². The maximum Gasteiger partial charge on any atom is 0.335 e. The number of hydrogen-bond donors (Lipinski definition) is 1. The quantitative estimate of drug-likeness (QED) is 0.908. The van der Waals surface area contributed by atoms with E-state index in [1.807, 2.05) is 0 Å². The zero-order valence-corrected chi connectivity index (χ0v) is 10.5. The molecule has 0 atom stereocenters. The van der Waals surface area contributed by atoms with Crippen LogP contribution in [-0.4, -0.2) is 28.2 Å². The van der Waals surface area contributed by atoms with Gasteiger partial charge in [-0.25, -0.2) is 14.8 Å². The third-order valence-corrected chi connectivity index (χ3v) is 2.40. The number of aryl methyl sites for hydroxylation is 1. The lowest BCUT2D eigenvalue weighted by molar-refractivity contribution is 0.0696. The number of methoxy groups -OCH3 is 1. The Hall–Kier alpha value is -2.63. The van der Waals surface area contributed by atoms with Crippen molar-refractivity contribution >= 4 is 5.97 Å². The Morgan fingerprint density at radius 1 is 1.21 bits per heavy atom. The standard InChI is InChI=1S/C13H12N2O4/c1-8-5-12(15-7-14-8)19-11-6-9(13(16)17)3-4-10(11)18-2/h3-7H,1-2H3,(H,16,17). The van der Waals surface area contributed by atoms with Gasteiger partial charge >= 0.3 is 5.97 Å². The molecule has 0 aliphatic rings. The molecule has 0 saturated heterocycles. The number of carboxylic acid groups (broad SMARTS) is 1. The van der Waals surface area contributed by atoms with Gasteiger partial charge in [-0.1, -0.05) is 0 Å². The molecular weight excluding hydrogens is 248 g/mol. The Morgan fingerprint density at radius 3 is 2.63 bits per heavy atom. The van der Waals surface area contributed by atoms with E-state index in [-0.39, 0.29) is 5.56 Å². The first kappa shape index (κ1) is 12.8. The van der Waals surface area contributed by atoms with Crippen LogP contribution in [0.3, 0.4) is 0 Å². The molecule has 0 aliphatic heterocycles. The lowest BCUT2D eigenvalue weighted by atomic mass is 10.2. The number of benzene rings is 1. The van der Waals surface area contributed by atoms with Gasteiger partial charge < -0.3 is 14.6 Å². The average Bonchev–Trinajstić information content (AvgIpc) is 2.38. The summed E-state index contributed by atoms with van der Waals surface area (Å²) in [4.78, 5) is 18.8. The fourth-order valence-corrected chi connectivity index (χ4v) is 1.49. The molecule has 19 heavy (non-hydrogen) atoms. The highest BCUT2D eigenvalue weighted by atomic mass is 16.5. The second-order valence-corrected chi connectivity index (χ2v) is 3.77. The molecule has 0 saturated carbocycles. The number of aromatic nitrogens is 2. The van der Waals surface area contributed by atoms with Gasteiger partial charge in [0.1, 0.15) is 6.33 Å². The van der Waals surface area contributed by atoms with E-state index in [0.29, 0.717) is 17.4 Å². The highest BCUT2D eigenvalue weighted by Gasteiger charge is 2.11. The molecule has 6 heteroatoms. The molecule has 0 fully saturated rings. The monoisotopic (exact) mass is 260 g/mol. The van der Waals surface area contributed by atoms with Crippen molar-refractivity contribution in [2.24, 2.45) is 0 Å². The van der Waals surface area contributed by atoms with Crippen molar-refractivity contribution in [3.63, 3.8) is 0 Å². The first-order valence-electron chi connectivity index (χ1n) is 5.48. The predicted molar refractivity (Wildman–Crippen MR) is 66.8 cm³/mol. The van der Waals surface area contributed by atoms with Gasteiger partial charge in [0.2, 0.25) is 5.88 Å². The van der Waals surface area contributed by atoms with E-state index >= 15 is 0 Å². The number of rotatable bonds is 4. The highest BCUT2D eigenvalue weighted by Crippen LogP contribution is 2.31. The van der Waals surface area contributed by atoms with E-state index in [1.54, 1.807) is 13.0 Å². The fourth-order valence-electron chi connectivity index (χ4n) is 1.49. The van der Waals surface area contributed by atoms with Crippen molar-refractivity contribution in [3.8, 4) is 17.4 Å². The van der Waals surface area contributed by atoms with Crippen molar-refractivity contribution in [3.05, 3.63) is 41.9 Å². The van der Waals surface area contributed by atoms with E-state index in [2.05, 4.69) is 9.97 Å². The fraction of sp³-hybridized carbons (Fsp3) is 0.154. The number of carboxylic acids is 1. The zero-order valence-electron chi connectivity index (χ0n) is 10.5. The van der Waals surface area contributed by atoms with E-state index in [4.69, 9.17) is 14.6 Å². The highest BCUT2D eigenvalue weighted by molar-refractivity contribution is 5.88. The summed E-state index contributed by atoms with van der Waals surface area (Å²) >= 11 is 0. The molecule has 6 nitrogen and oxygen atoms in total. The van der Waals surface area contributed by atoms with Crippen LogP contribution in [0, 0.1) is 6.92 Å². The molecule has 0 bridgehead atoms. The first-order chi connectivity index (χ1) is 9.10. The van der Waals surface area contributed by atoms with Crippen LogP contribution >= 0.6 is 0 Å². The summed E-state index contributed by atoms with van der Waals surface area (Å²) in [6.45, 7) is 1.81. The summed E-state index contributed by atoms with van der Waals surface area (Å²) in [5, 5.41) is 8.96. The lowest BCUT2D eigenvalue weighted by Gasteiger charge is -2.10. The predicted octanol–water partition coefficient (Wildman–Crippen LogP) is 2.28. The second-order valence-electron chi connectivity index (χ2n) is 3.77. The van der Waals surface area contributed by atoms with Gasteiger partial charge in [0.15, 0.2) is 11.5 Å². The molecule has 0 unspecified atom stereocenters. The van der Waals surface area contributed by atoms with Gasteiger partial charge in [0.25, 0.3) is 0 Å². The third-order valence-electron chi connectivity index (χ3n) is 2.40. The van der Waals surface area contributed by atoms with Crippen LogP contribution in [0.15, 0.2) is 30.6 Å². The van der Waals surface area contributed by atoms with Crippen LogP contribution < -0.4 is 9.47 Å². The van der Waals surface area contributed by atoms with Crippen LogP contribution in [0.5, 0.6) is 17.4 Å². The van der Waals surface area contributed by atoms with E-state index in [1.165, 1.54) is 31.6 Å². The molecule has 0 amide bonds. The molecule has 2 rings (SSSR count). The molecule has 2 aromatic rings.